The maximum Gasteiger partial charge on any atom is 0.226 e. The maximum atomic E-state index is 14.7. The van der Waals surface area contributed by atoms with Crippen LogP contribution < -0.4 is 5.32 Å². The van der Waals surface area contributed by atoms with Crippen molar-refractivity contribution >= 4 is 57.9 Å². The van der Waals surface area contributed by atoms with Gasteiger partial charge in [0, 0.05) is 108 Å². The first-order chi connectivity index (χ1) is 69.1. The van der Waals surface area contributed by atoms with Gasteiger partial charge in [-0.15, -0.1) is 0 Å². The summed E-state index contributed by atoms with van der Waals surface area (Å²) in [5, 5.41) is 13.9. The first-order valence-corrected chi connectivity index (χ1v) is 57.3. The van der Waals surface area contributed by atoms with Crippen molar-refractivity contribution in [2.24, 2.45) is 201 Å². The molecule has 1 aromatic rings. The van der Waals surface area contributed by atoms with E-state index in [1.165, 1.54) is 0 Å². The molecule has 28 atom stereocenters. The fourth-order valence-electron chi connectivity index (χ4n) is 41.4. The van der Waals surface area contributed by atoms with Crippen LogP contribution in [0.3, 0.4) is 0 Å². The van der Waals surface area contributed by atoms with Crippen LogP contribution in [0.2, 0.25) is 0 Å². The van der Waals surface area contributed by atoms with Gasteiger partial charge < -0.3 is 38.9 Å². The molecule has 2 N–H and O–H groups in total. The van der Waals surface area contributed by atoms with Gasteiger partial charge in [-0.25, -0.2) is 24.4 Å². The Morgan fingerprint density at radius 1 is 0.360 bits per heavy atom. The Bertz CT molecular complexity index is 6350. The highest BCUT2D eigenvalue weighted by atomic mass is 16.5. The molecule has 0 spiro atoms. The number of methoxy groups -OCH3 is 1. The van der Waals surface area contributed by atoms with Crippen molar-refractivity contribution in [3.8, 4) is 0 Å². The average Bonchev–Trinajstić information content (AvgIpc) is 0.695. The molecule has 150 heavy (non-hydrogen) atoms. The van der Waals surface area contributed by atoms with Crippen molar-refractivity contribution in [1.29, 1.82) is 0 Å². The van der Waals surface area contributed by atoms with Gasteiger partial charge in [-0.1, -0.05) is 260 Å². The lowest BCUT2D eigenvalue weighted by molar-refractivity contribution is -0.178. The van der Waals surface area contributed by atoms with Gasteiger partial charge in [-0.2, -0.15) is 0 Å². The summed E-state index contributed by atoms with van der Waals surface area (Å²) < 4.78 is 7.94. The number of aromatic nitrogens is 2. The second-order valence-electron chi connectivity index (χ2n) is 60.6. The topological polar surface area (TPSA) is 230 Å². The number of fused-ring (bicyclic) bond motifs is 28. The van der Waals surface area contributed by atoms with Gasteiger partial charge in [-0.05, 0) is 316 Å². The number of allylic oxidation sites excluding steroid dienone is 19. The number of nitrogens with zero attached hydrogens (tertiary/aromatic N) is 6. The Labute approximate surface area is 898 Å². The minimum absolute atomic E-state index is 0.0151. The third-order valence-electron chi connectivity index (χ3n) is 50.8. The van der Waals surface area contributed by atoms with E-state index in [1.54, 1.807) is 14.2 Å². The number of Topliss-reactive ketones (excluding diaryl/α,β-unsaturated/α-hetero) is 4. The first-order valence-electron chi connectivity index (χ1n) is 57.3. The normalized spacial score (nSPS) is 45.2. The van der Waals surface area contributed by atoms with Crippen LogP contribution in [0.25, 0.3) is 25.1 Å². The summed E-state index contributed by atoms with van der Waals surface area (Å²) in [7, 11) is 3.47. The Morgan fingerprint density at radius 3 is 0.867 bits per heavy atom. The number of aliphatic hydroxyl groups excluding tert-OH is 1. The zero-order valence-corrected chi connectivity index (χ0v) is 96.9. The molecule has 1 heterocycles. The molecule has 0 saturated heterocycles. The van der Waals surface area contributed by atoms with Crippen LogP contribution in [-0.2, 0) is 47.9 Å². The van der Waals surface area contributed by atoms with E-state index in [1.807, 2.05) is 123 Å². The van der Waals surface area contributed by atoms with Gasteiger partial charge in [0.05, 0.1) is 56.7 Å². The predicted molar refractivity (Wildman–Crippen MR) is 589 cm³/mol. The number of rotatable bonds is 6. The zero-order chi connectivity index (χ0) is 111. The van der Waals surface area contributed by atoms with Crippen molar-refractivity contribution in [2.75, 3.05) is 14.2 Å². The molecule has 20 aliphatic rings. The number of hydrogen-bond acceptors (Lipinski definition) is 12. The van der Waals surface area contributed by atoms with Crippen LogP contribution in [0, 0.1) is 227 Å². The number of ether oxygens (including phenoxy) is 1. The van der Waals surface area contributed by atoms with Crippen molar-refractivity contribution in [1.82, 2.24) is 14.9 Å². The molecule has 0 aromatic carbocycles. The molecule has 12 fully saturated rings. The number of carbonyl (C=O) groups is 9. The van der Waals surface area contributed by atoms with Crippen molar-refractivity contribution in [3.63, 3.8) is 0 Å². The molecular formula is C132H177N7O11. The predicted octanol–water partition coefficient (Wildman–Crippen LogP) is 29.6. The van der Waals surface area contributed by atoms with E-state index in [0.717, 1.165) is 214 Å². The molecule has 1 aromatic heterocycles. The summed E-state index contributed by atoms with van der Waals surface area (Å²) in [6.07, 6.45) is 47.8. The van der Waals surface area contributed by atoms with Crippen LogP contribution >= 0.6 is 0 Å². The highest BCUT2D eigenvalue weighted by molar-refractivity contribution is 6.07. The number of imidazole rings is 1. The Balaban J connectivity index is 0.000000131. The molecule has 18 heteroatoms. The minimum atomic E-state index is -0.652. The molecule has 0 aliphatic heterocycles. The molecule has 20 aliphatic carbocycles. The maximum absolute atomic E-state index is 14.7. The smallest absolute Gasteiger partial charge is 0.226 e. The Morgan fingerprint density at radius 2 is 0.600 bits per heavy atom. The number of carbonyl (C=O) groups excluding carboxylic acids is 9. The van der Waals surface area contributed by atoms with E-state index in [2.05, 4.69) is 192 Å². The van der Waals surface area contributed by atoms with Crippen LogP contribution in [-0.4, -0.2) is 81.0 Å². The van der Waals surface area contributed by atoms with Gasteiger partial charge >= 0.3 is 0 Å². The van der Waals surface area contributed by atoms with Crippen molar-refractivity contribution < 1.29 is 53.0 Å². The summed E-state index contributed by atoms with van der Waals surface area (Å²) in [6.45, 7) is 106. The molecule has 21 rings (SSSR count). The second kappa shape index (κ2) is 34.4. The molecule has 0 bridgehead atoms. The highest BCUT2D eigenvalue weighted by Crippen LogP contribution is 2.83. The number of aliphatic hydroxyl groups is 1. The Hall–Kier alpha value is -9.26. The molecule has 1 amide bonds. The largest absolute Gasteiger partial charge is 0.512 e. The quantitative estimate of drug-likeness (QED) is 0.200. The highest BCUT2D eigenvalue weighted by Gasteiger charge is 2.78. The van der Waals surface area contributed by atoms with Crippen molar-refractivity contribution in [2.45, 2.75) is 374 Å². The fourth-order valence-corrected chi connectivity index (χ4v) is 41.4. The summed E-state index contributed by atoms with van der Waals surface area (Å²) in [5.74, 6) is 2.03. The number of ketones is 8. The lowest BCUT2D eigenvalue weighted by atomic mass is 9.34. The van der Waals surface area contributed by atoms with E-state index in [4.69, 9.17) is 31.0 Å². The van der Waals surface area contributed by atoms with Crippen LogP contribution in [0.15, 0.2) is 144 Å². The standard InChI is InChI=1S/C35H45N3O2.C33H45NO3.C32H44N2O3.C32H43NO3/c1-22(38-17-16-37-21-38)35-14-12-30(2,3)19-23(35)28-25(39)18-27-32(6)20-24(36-9)29(40)31(4,5)26(32)10-11-33(27,7)34(28,8)13-15-35;1-20(37-10)33-15-13-28(2,3)18-21(33)26-23(35)17-25-30(6)19-22(34-9)27(36)29(4,5)24(30)11-12-31(25,7)32(26,8)14-16-33;1-27(2)12-14-32(26(37)34-9)15-13-31(7)24(19(32)17-27)21(35)16-23-29(5)18-20(33-8)25(36)28(3,4)22(29)10-11-30(23,31)6;1-19(34)32-14-12-27(2,3)17-20(32)25-22(35)16-24-29(6)18-21(33-9)26(36)28(4,5)23(29)10-11-30(24,7)31(25,8)13-15-32/h16-18,20-21,23,26,28H,1,10-15,19H2,2-8H3;17,19,21,24,26H,1,11-16,18H2,2-8,10H3;16,18-19,22,24H,10-15,17H2,1-7,9H3,(H,34,37);16,18,20,23,25,34H,1,10-15,17H2,2-8H3/t23-,26-,28-,32-,33+,34+,35+;21-,24-,26-,30-,31+,32+,33+;19-,22-,24-,29-,30+,31+,32-;20-,23-,25-,29-,30+,31+,32+/m0000/s1. The first kappa shape index (κ1) is 110. The lowest BCUT2D eigenvalue weighted by Gasteiger charge is -2.69. The molecule has 0 unspecified atom stereocenters. The average molecular weight is 2040 g/mol. The van der Waals surface area contributed by atoms with E-state index >= 15 is 0 Å². The van der Waals surface area contributed by atoms with Crippen LogP contribution in [0.5, 0.6) is 0 Å². The molecule has 12 saturated carbocycles. The van der Waals surface area contributed by atoms with Crippen LogP contribution in [0.1, 0.15) is 374 Å². The van der Waals surface area contributed by atoms with Gasteiger partial charge in [0.1, 0.15) is 0 Å². The molecule has 18 nitrogen and oxygen atoms in total. The number of hydrogen-bond donors (Lipinski definition) is 2. The number of nitrogens with one attached hydrogen (secondary N) is 1. The zero-order valence-electron chi connectivity index (χ0n) is 96.9. The van der Waals surface area contributed by atoms with E-state index < -0.39 is 48.7 Å². The molecule has 0 radical (unpaired) electrons. The third kappa shape index (κ3) is 14.5. The Kier molecular flexibility index (Phi) is 25.3. The van der Waals surface area contributed by atoms with Crippen molar-refractivity contribution in [3.05, 3.63) is 189 Å². The third-order valence-corrected chi connectivity index (χ3v) is 50.8. The summed E-state index contributed by atoms with van der Waals surface area (Å²) in [4.78, 5) is 143. The van der Waals surface area contributed by atoms with E-state index in [9.17, 15) is 48.3 Å². The van der Waals surface area contributed by atoms with Gasteiger partial charge in [0.2, 0.25) is 28.7 Å². The van der Waals surface area contributed by atoms with Gasteiger partial charge in [-0.3, -0.25) is 24.0 Å². The second-order valence-corrected chi connectivity index (χ2v) is 60.6. The molecular weight excluding hydrogens is 1860 g/mol. The van der Waals surface area contributed by atoms with E-state index in [-0.39, 0.29) is 233 Å². The monoisotopic (exact) mass is 2040 g/mol. The SMILES string of the molecule is [C-]#[N+]C1=C[C@]2(C)C3=CC(=O)[C@@H]4[C@@H]5CC(C)(C)CC[C@]5(C(=C)O)CC[C@@]4(C)[C@]3(C)CC[C@H]2C(C)(C)C1=O.[C-]#[N+]C1=C[C@]2(C)C3=CC(=O)[C@@H]4[C@@H]5CC(C)(C)CC[C@]5(C(=C)OC)CC[C@@]4(C)[C@]3(C)CC[C@H]2C(C)(C)C1=O.[C-]#[N+]C1=C[C@]2(C)C3=CC(=O)[C@@H]4[C@@H]5CC(C)(C)CC[C@]5(C(=C)n5ccnc5)CC[C@@]4(C)[C@]3(C)CC[C@H]2C(C)(C)C1=O.[C-]#[N+]C1=C[C@]2(C)C3=CC(=O)[C@@H]4[C@@H]5CC(C)(C)CC[C@]5(C(=O)NC)CC[C@@]4(C)[C@]3(C)CC[C@H]2C(C)(C)C1=O. The van der Waals surface area contributed by atoms with Gasteiger partial charge in [0.15, 0.2) is 46.3 Å². The lowest BCUT2D eigenvalue weighted by Crippen LogP contribution is -2.66. The van der Waals surface area contributed by atoms with E-state index in [0.29, 0.717) is 0 Å². The fraction of sp³-hybridized carbons (Fsp3) is 0.712. The summed E-state index contributed by atoms with van der Waals surface area (Å²) >= 11 is 0. The van der Waals surface area contributed by atoms with Gasteiger partial charge in [0.25, 0.3) is 0 Å². The summed E-state index contributed by atoms with van der Waals surface area (Å²) in [5.41, 5.74) is -0.356. The minimum Gasteiger partial charge on any atom is -0.512 e. The number of amides is 1. The van der Waals surface area contributed by atoms with Crippen LogP contribution in [0.4, 0.5) is 0 Å². The molecule has 806 valence electrons. The summed E-state index contributed by atoms with van der Waals surface area (Å²) in [6, 6.07) is 0.